The van der Waals surface area contributed by atoms with Crippen LogP contribution in [-0.4, -0.2) is 107 Å². The third kappa shape index (κ3) is 12.3. The third-order valence-electron chi connectivity index (χ3n) is 7.79. The quantitative estimate of drug-likeness (QED) is 0.179. The Balaban J connectivity index is 0.000000667. The van der Waals surface area contributed by atoms with E-state index in [0.29, 0.717) is 25.0 Å². The average molecular weight is 649 g/mol. The van der Waals surface area contributed by atoms with Crippen molar-refractivity contribution < 1.29 is 58.4 Å². The minimum absolute atomic E-state index is 0. The van der Waals surface area contributed by atoms with Crippen LogP contribution in [0.1, 0.15) is 101 Å². The van der Waals surface area contributed by atoms with Gasteiger partial charge in [-0.3, -0.25) is 0 Å². The van der Waals surface area contributed by atoms with Gasteiger partial charge in [-0.1, -0.05) is 35.1 Å². The van der Waals surface area contributed by atoms with E-state index in [1.807, 2.05) is 27.7 Å². The zero-order valence-electron chi connectivity index (χ0n) is 27.7. The molecule has 1 heterocycles. The summed E-state index contributed by atoms with van der Waals surface area (Å²) in [5.41, 5.74) is 0.680. The lowest BCUT2D eigenvalue weighted by Gasteiger charge is -2.30. The molecule has 0 aromatic heterocycles. The molecule has 0 bridgehead atoms. The Kier molecular flexibility index (Phi) is 20.2. The van der Waals surface area contributed by atoms with Gasteiger partial charge in [0.05, 0.1) is 25.4 Å². The van der Waals surface area contributed by atoms with E-state index in [1.54, 1.807) is 19.9 Å². The van der Waals surface area contributed by atoms with Crippen molar-refractivity contribution in [2.24, 2.45) is 0 Å². The van der Waals surface area contributed by atoms with Crippen LogP contribution in [0.25, 0.3) is 0 Å². The van der Waals surface area contributed by atoms with E-state index in [-0.39, 0.29) is 50.3 Å². The molecule has 2 aliphatic carbocycles. The number of hydrogen-bond donors (Lipinski definition) is 4. The van der Waals surface area contributed by atoms with Crippen molar-refractivity contribution in [1.82, 2.24) is 0 Å². The smallest absolute Gasteiger partial charge is 0.333 e. The topological polar surface area (TPSA) is 170 Å². The Hall–Kier alpha value is -1.90. The van der Waals surface area contributed by atoms with Crippen LogP contribution in [0.15, 0.2) is 23.3 Å². The second kappa shape index (κ2) is 21.1. The van der Waals surface area contributed by atoms with E-state index in [9.17, 15) is 30.0 Å². The molecule has 6 atom stereocenters. The van der Waals surface area contributed by atoms with E-state index in [0.717, 1.165) is 26.1 Å². The maximum atomic E-state index is 11.7. The van der Waals surface area contributed by atoms with Crippen LogP contribution in [0, 0.1) is 0 Å². The van der Waals surface area contributed by atoms with Gasteiger partial charge in [0.15, 0.2) is 11.6 Å². The molecule has 0 aromatic carbocycles. The summed E-state index contributed by atoms with van der Waals surface area (Å²) in [5.74, 6) is -1.90. The standard InChI is InChI=1S/C14H22O5.C9H14O5.C9H20O2.CH4/c1-4-14(5-2)18-11-8-9(13(16)17-6-3)7-10(15)12(11)19-14;1-2-14-9(13)5-3-6(10)8(12)7(11)4-5;1-5-9(6-2,10-7-3)11-8-4;/h8,10-12,15H,4-7H2,1-3H3;3,6-8,10-12H,2,4H2,1H3;5-8H2,1-4H3;1H4/t10-,11-,12+;6-,7-,8-;;/m11../s1. The molecular weight excluding hydrogens is 588 g/mol. The van der Waals surface area contributed by atoms with Gasteiger partial charge in [0.25, 0.3) is 0 Å². The van der Waals surface area contributed by atoms with Crippen molar-refractivity contribution in [3.8, 4) is 0 Å². The normalized spacial score (nSPS) is 26.8. The van der Waals surface area contributed by atoms with Gasteiger partial charge in [-0.2, -0.15) is 0 Å². The van der Waals surface area contributed by atoms with Crippen molar-refractivity contribution in [2.75, 3.05) is 26.4 Å². The van der Waals surface area contributed by atoms with Crippen LogP contribution >= 0.6 is 0 Å². The largest absolute Gasteiger partial charge is 0.463 e. The molecule has 12 nitrogen and oxygen atoms in total. The van der Waals surface area contributed by atoms with Crippen LogP contribution in [0.5, 0.6) is 0 Å². The van der Waals surface area contributed by atoms with Gasteiger partial charge in [0.1, 0.15) is 24.4 Å². The summed E-state index contributed by atoms with van der Waals surface area (Å²) < 4.78 is 32.6. The maximum Gasteiger partial charge on any atom is 0.333 e. The fourth-order valence-corrected chi connectivity index (χ4v) is 5.20. The van der Waals surface area contributed by atoms with Gasteiger partial charge in [0.2, 0.25) is 0 Å². The van der Waals surface area contributed by atoms with Crippen molar-refractivity contribution >= 4 is 11.9 Å². The summed E-state index contributed by atoms with van der Waals surface area (Å²) in [4.78, 5) is 22.9. The van der Waals surface area contributed by atoms with Gasteiger partial charge < -0.3 is 48.8 Å². The fraction of sp³-hybridized carbons (Fsp3) is 0.818. The van der Waals surface area contributed by atoms with E-state index in [1.165, 1.54) is 6.08 Å². The van der Waals surface area contributed by atoms with E-state index in [4.69, 9.17) is 28.4 Å². The first-order chi connectivity index (χ1) is 20.8. The lowest BCUT2D eigenvalue weighted by molar-refractivity contribution is -0.236. The summed E-state index contributed by atoms with van der Waals surface area (Å²) in [6.45, 7) is 17.6. The van der Waals surface area contributed by atoms with Crippen molar-refractivity contribution in [3.63, 3.8) is 0 Å². The monoisotopic (exact) mass is 648 g/mol. The van der Waals surface area contributed by atoms with Crippen LogP contribution in [0.3, 0.4) is 0 Å². The predicted molar refractivity (Wildman–Crippen MR) is 169 cm³/mol. The second-order valence-electron chi connectivity index (χ2n) is 10.6. The Morgan fingerprint density at radius 3 is 1.62 bits per heavy atom. The number of aliphatic hydroxyl groups excluding tert-OH is 4. The number of carbonyl (C=O) groups excluding carboxylic acids is 2. The number of fused-ring (bicyclic) bond motifs is 1. The second-order valence-corrected chi connectivity index (χ2v) is 10.6. The summed E-state index contributed by atoms with van der Waals surface area (Å²) in [5, 5.41) is 37.8. The molecule has 0 spiro atoms. The minimum Gasteiger partial charge on any atom is -0.463 e. The van der Waals surface area contributed by atoms with Crippen LogP contribution in [0.4, 0.5) is 0 Å². The molecule has 12 heteroatoms. The fourth-order valence-electron chi connectivity index (χ4n) is 5.20. The number of ether oxygens (including phenoxy) is 6. The Bertz CT molecular complexity index is 917. The molecule has 0 radical (unpaired) electrons. The van der Waals surface area contributed by atoms with E-state index < -0.39 is 42.3 Å². The zero-order valence-corrected chi connectivity index (χ0v) is 27.7. The van der Waals surface area contributed by atoms with Gasteiger partial charge in [0, 0.05) is 37.2 Å². The van der Waals surface area contributed by atoms with Crippen molar-refractivity contribution in [1.29, 1.82) is 0 Å². The molecule has 1 fully saturated rings. The molecule has 0 saturated carbocycles. The van der Waals surface area contributed by atoms with Gasteiger partial charge in [-0.15, -0.1) is 0 Å². The Morgan fingerprint density at radius 2 is 1.22 bits per heavy atom. The minimum atomic E-state index is -1.23. The molecule has 45 heavy (non-hydrogen) atoms. The lowest BCUT2D eigenvalue weighted by Crippen LogP contribution is -2.41. The summed E-state index contributed by atoms with van der Waals surface area (Å²) >= 11 is 0. The molecule has 0 aromatic rings. The molecule has 3 aliphatic rings. The third-order valence-corrected chi connectivity index (χ3v) is 7.79. The SMILES string of the molecule is C.CCOC(=O)C1=C[C@@H](O)[C@@H](O)[C@H](O)C1.CCOC(=O)C1=C[C@H]2OC(CC)(CC)O[C@H]2[C@H](O)C1.CCOC(CC)(CC)OCC. The summed E-state index contributed by atoms with van der Waals surface area (Å²) in [6, 6.07) is 0. The zero-order chi connectivity index (χ0) is 33.5. The van der Waals surface area contributed by atoms with Gasteiger partial charge >= 0.3 is 11.9 Å². The molecule has 3 rings (SSSR count). The van der Waals surface area contributed by atoms with E-state index >= 15 is 0 Å². The average Bonchev–Trinajstić information content (AvgIpc) is 3.40. The molecule has 4 N–H and O–H groups in total. The number of esters is 2. The number of rotatable bonds is 12. The first-order valence-corrected chi connectivity index (χ1v) is 16.0. The Labute approximate surface area is 269 Å². The number of carbonyl (C=O) groups is 2. The van der Waals surface area contributed by atoms with Gasteiger partial charge in [-0.05, 0) is 65.5 Å². The summed E-state index contributed by atoms with van der Waals surface area (Å²) in [6.07, 6.45) is 1.45. The lowest BCUT2D eigenvalue weighted by atomic mass is 9.92. The van der Waals surface area contributed by atoms with Crippen LogP contribution in [-0.2, 0) is 38.0 Å². The maximum absolute atomic E-state index is 11.7. The molecule has 1 aliphatic heterocycles. The molecule has 1 saturated heterocycles. The van der Waals surface area contributed by atoms with Crippen molar-refractivity contribution in [2.45, 2.75) is 150 Å². The summed E-state index contributed by atoms with van der Waals surface area (Å²) in [7, 11) is 0. The van der Waals surface area contributed by atoms with Gasteiger partial charge in [-0.25, -0.2) is 9.59 Å². The highest BCUT2D eigenvalue weighted by atomic mass is 16.8. The van der Waals surface area contributed by atoms with Crippen LogP contribution < -0.4 is 0 Å². The highest BCUT2D eigenvalue weighted by molar-refractivity contribution is 5.89. The molecular formula is C33H60O12. The number of hydrogen-bond acceptors (Lipinski definition) is 12. The number of aliphatic hydroxyl groups is 4. The first kappa shape index (κ1) is 43.1. The molecule has 0 amide bonds. The molecule has 264 valence electrons. The van der Waals surface area contributed by atoms with E-state index in [2.05, 4.69) is 13.8 Å². The predicted octanol–water partition coefficient (Wildman–Crippen LogP) is 3.71. The van der Waals surface area contributed by atoms with Crippen molar-refractivity contribution in [3.05, 3.63) is 23.3 Å². The first-order valence-electron chi connectivity index (χ1n) is 16.0. The highest BCUT2D eigenvalue weighted by Gasteiger charge is 2.49. The van der Waals surface area contributed by atoms with Crippen LogP contribution in [0.2, 0.25) is 0 Å². The Morgan fingerprint density at radius 1 is 0.756 bits per heavy atom. The highest BCUT2D eigenvalue weighted by Crippen LogP contribution is 2.40. The molecule has 0 unspecified atom stereocenters.